The van der Waals surface area contributed by atoms with E-state index in [0.29, 0.717) is 37.4 Å². The van der Waals surface area contributed by atoms with Crippen LogP contribution in [-0.4, -0.2) is 97.0 Å². The van der Waals surface area contributed by atoms with Crippen molar-refractivity contribution in [3.8, 4) is 22.6 Å². The maximum absolute atomic E-state index is 14.9. The highest BCUT2D eigenvalue weighted by molar-refractivity contribution is 7.77. The van der Waals surface area contributed by atoms with Gasteiger partial charge in [0.25, 0.3) is 17.2 Å². The number of rotatable bonds is 13. The molecule has 12 nitrogen and oxygen atoms in total. The summed E-state index contributed by atoms with van der Waals surface area (Å²) in [5.74, 6) is -1.54. The monoisotopic (exact) mass is 798 g/mol. The van der Waals surface area contributed by atoms with Crippen LogP contribution >= 0.6 is 0 Å². The zero-order valence-electron chi connectivity index (χ0n) is 33.3. The Hall–Kier alpha value is -4.75. The molecule has 2 saturated carbocycles. The third-order valence-electron chi connectivity index (χ3n) is 12.1. The minimum absolute atomic E-state index is 0.00388. The first-order valence-electron chi connectivity index (χ1n) is 20.1. The van der Waals surface area contributed by atoms with Gasteiger partial charge in [0.15, 0.2) is 0 Å². The molecule has 0 aromatic heterocycles. The lowest BCUT2D eigenvalue weighted by Gasteiger charge is -2.36. The fraction of sp³-hybridized carbons (Fsp3) is 0.500. The molecule has 2 unspecified atom stereocenters. The molecule has 57 heavy (non-hydrogen) atoms. The van der Waals surface area contributed by atoms with Crippen LogP contribution in [0.15, 0.2) is 73.3 Å². The number of amides is 4. The number of piperidine rings is 1. The minimum Gasteiger partial charge on any atom is -0.497 e. The number of methoxy groups -OCH3 is 1. The van der Waals surface area contributed by atoms with Crippen LogP contribution in [0.5, 0.6) is 11.5 Å². The van der Waals surface area contributed by atoms with Crippen LogP contribution in [0, 0.1) is 17.3 Å². The Labute approximate surface area is 337 Å². The first-order chi connectivity index (χ1) is 27.2. The number of hydrogen-bond donors (Lipinski definition) is 2. The number of fused-ring (bicyclic) bond motifs is 1. The van der Waals surface area contributed by atoms with Crippen molar-refractivity contribution in [3.63, 3.8) is 0 Å². The predicted octanol–water partition coefficient (Wildman–Crippen LogP) is 6.12. The standard InChI is InChI=1S/C44H54N4O8S/c1-6-31-26-44(31,42(52)48(57(53)54)32-15-16-32)45-40(50)37-24-34(27-47(37)41(51)36(43(2,3)4)25-39(49)46-19-11-8-12-20-46)56-38-23-29(28-13-9-7-10-14-28)21-30-22-33(55-5)17-18-35(30)38/h6-7,9-10,13-14,17-18,21-23,31-32,34,36-37H,1,8,11-12,15-16,19-20,24-27H2,2-5H3,(H,45,50)(H,53,54)/t31?,34-,36-,37+,44-/m1/s1. The fourth-order valence-corrected chi connectivity index (χ4v) is 9.26. The van der Waals surface area contributed by atoms with Crippen molar-refractivity contribution in [2.75, 3.05) is 26.7 Å². The van der Waals surface area contributed by atoms with E-state index in [1.807, 2.05) is 80.3 Å². The molecule has 2 heterocycles. The highest BCUT2D eigenvalue weighted by atomic mass is 32.2. The molecule has 3 aromatic rings. The molecule has 0 bridgehead atoms. The second kappa shape index (κ2) is 16.2. The van der Waals surface area contributed by atoms with Crippen molar-refractivity contribution in [1.82, 2.24) is 19.4 Å². The van der Waals surface area contributed by atoms with Gasteiger partial charge in [-0.3, -0.25) is 23.7 Å². The van der Waals surface area contributed by atoms with Gasteiger partial charge in [0, 0.05) is 43.3 Å². The third-order valence-corrected chi connectivity index (χ3v) is 12.9. The van der Waals surface area contributed by atoms with E-state index >= 15 is 0 Å². The van der Waals surface area contributed by atoms with Crippen LogP contribution in [0.4, 0.5) is 0 Å². The summed E-state index contributed by atoms with van der Waals surface area (Å²) < 4.78 is 35.8. The molecule has 7 rings (SSSR count). The molecule has 4 aliphatic rings. The van der Waals surface area contributed by atoms with Gasteiger partial charge in [-0.05, 0) is 90.8 Å². The van der Waals surface area contributed by atoms with Crippen molar-refractivity contribution < 1.29 is 37.4 Å². The largest absolute Gasteiger partial charge is 0.497 e. The highest BCUT2D eigenvalue weighted by Crippen LogP contribution is 2.48. The summed E-state index contributed by atoms with van der Waals surface area (Å²) in [6.07, 6.45) is 5.40. The Morgan fingerprint density at radius 1 is 1.04 bits per heavy atom. The van der Waals surface area contributed by atoms with Crippen LogP contribution in [0.3, 0.4) is 0 Å². The second-order valence-corrected chi connectivity index (χ2v) is 17.9. The average Bonchev–Trinajstić information content (AvgIpc) is 4.12. The molecule has 0 spiro atoms. The van der Waals surface area contributed by atoms with E-state index in [1.54, 1.807) is 13.2 Å². The van der Waals surface area contributed by atoms with Gasteiger partial charge in [0.05, 0.1) is 19.6 Å². The minimum atomic E-state index is -2.57. The van der Waals surface area contributed by atoms with Crippen LogP contribution in [-0.2, 0) is 30.4 Å². The first-order valence-corrected chi connectivity index (χ1v) is 21.1. The Balaban J connectivity index is 1.22. The Morgan fingerprint density at radius 2 is 1.75 bits per heavy atom. The van der Waals surface area contributed by atoms with E-state index in [1.165, 1.54) is 4.90 Å². The van der Waals surface area contributed by atoms with Crippen LogP contribution in [0.1, 0.15) is 72.1 Å². The van der Waals surface area contributed by atoms with Gasteiger partial charge < -0.3 is 24.6 Å². The van der Waals surface area contributed by atoms with E-state index in [2.05, 4.69) is 18.0 Å². The molecule has 2 N–H and O–H groups in total. The molecule has 3 aromatic carbocycles. The SMILES string of the molecule is C=CC1C[C@]1(NC(=O)[C@@H]1C[C@@H](Oc2cc(-c3ccccc3)cc3cc(OC)ccc23)CN1C(=O)[C@@H](CC(=O)N1CCCCC1)C(C)(C)C)C(=O)N(C1CC1)S(=O)O. The quantitative estimate of drug-likeness (QED) is 0.156. The molecule has 2 aliphatic carbocycles. The number of likely N-dealkylation sites (tertiary alicyclic amines) is 2. The molecule has 6 atom stereocenters. The Morgan fingerprint density at radius 3 is 2.37 bits per heavy atom. The summed E-state index contributed by atoms with van der Waals surface area (Å²) in [7, 11) is 1.61. The van der Waals surface area contributed by atoms with Gasteiger partial charge in [-0.1, -0.05) is 57.2 Å². The number of benzene rings is 3. The van der Waals surface area contributed by atoms with E-state index in [4.69, 9.17) is 9.47 Å². The lowest BCUT2D eigenvalue weighted by Crippen LogP contribution is -2.57. The normalized spacial score (nSPS) is 24.3. The number of carbonyl (C=O) groups is 4. The molecule has 304 valence electrons. The van der Waals surface area contributed by atoms with E-state index in [9.17, 15) is 27.9 Å². The van der Waals surface area contributed by atoms with Gasteiger partial charge in [-0.15, -0.1) is 6.58 Å². The molecular weight excluding hydrogens is 745 g/mol. The topological polar surface area (TPSA) is 146 Å². The summed E-state index contributed by atoms with van der Waals surface area (Å²) in [6.45, 7) is 11.0. The summed E-state index contributed by atoms with van der Waals surface area (Å²) in [5, 5.41) is 4.67. The number of hydrogen-bond acceptors (Lipinski definition) is 7. The summed E-state index contributed by atoms with van der Waals surface area (Å²) in [4.78, 5) is 60.6. The van der Waals surface area contributed by atoms with Crippen molar-refractivity contribution in [3.05, 3.63) is 73.3 Å². The molecule has 2 saturated heterocycles. The fourth-order valence-electron chi connectivity index (χ4n) is 8.49. The Kier molecular flexibility index (Phi) is 11.5. The summed E-state index contributed by atoms with van der Waals surface area (Å²) >= 11 is -2.57. The molecule has 4 amide bonds. The zero-order chi connectivity index (χ0) is 40.6. The lowest BCUT2D eigenvalue weighted by molar-refractivity contribution is -0.149. The van der Waals surface area contributed by atoms with Crippen LogP contribution in [0.2, 0.25) is 0 Å². The smallest absolute Gasteiger partial charge is 0.264 e. The van der Waals surface area contributed by atoms with E-state index < -0.39 is 58.0 Å². The van der Waals surface area contributed by atoms with Gasteiger partial charge in [0.2, 0.25) is 17.7 Å². The maximum atomic E-state index is 14.9. The van der Waals surface area contributed by atoms with Gasteiger partial charge in [-0.25, -0.2) is 8.51 Å². The lowest BCUT2D eigenvalue weighted by atomic mass is 9.77. The maximum Gasteiger partial charge on any atom is 0.264 e. The van der Waals surface area contributed by atoms with Crippen molar-refractivity contribution in [2.24, 2.45) is 17.3 Å². The number of nitrogens with zero attached hydrogens (tertiary/aromatic N) is 3. The predicted molar refractivity (Wildman–Crippen MR) is 218 cm³/mol. The number of carbonyl (C=O) groups excluding carboxylic acids is 4. The number of ether oxygens (including phenoxy) is 2. The van der Waals surface area contributed by atoms with E-state index in [-0.39, 0.29) is 43.7 Å². The molecule has 0 radical (unpaired) electrons. The zero-order valence-corrected chi connectivity index (χ0v) is 34.1. The average molecular weight is 799 g/mol. The molecular formula is C44H54N4O8S. The van der Waals surface area contributed by atoms with Gasteiger partial charge in [-0.2, -0.15) is 0 Å². The Bertz CT molecular complexity index is 2060. The van der Waals surface area contributed by atoms with Gasteiger partial charge in [0.1, 0.15) is 29.2 Å². The van der Waals surface area contributed by atoms with Crippen LogP contribution in [0.25, 0.3) is 21.9 Å². The van der Waals surface area contributed by atoms with Crippen molar-refractivity contribution >= 4 is 45.7 Å². The van der Waals surface area contributed by atoms with Crippen molar-refractivity contribution in [1.29, 1.82) is 0 Å². The van der Waals surface area contributed by atoms with Gasteiger partial charge >= 0.3 is 0 Å². The van der Waals surface area contributed by atoms with Crippen LogP contribution < -0.4 is 14.8 Å². The first kappa shape index (κ1) is 40.4. The van der Waals surface area contributed by atoms with E-state index in [0.717, 1.165) is 45.5 Å². The molecule has 4 fully saturated rings. The molecule has 13 heteroatoms. The van der Waals surface area contributed by atoms with Crippen molar-refractivity contribution in [2.45, 2.75) is 95.9 Å². The third kappa shape index (κ3) is 8.46. The summed E-state index contributed by atoms with van der Waals surface area (Å²) in [5.41, 5.74) is -0.180. The molecule has 2 aliphatic heterocycles. The highest BCUT2D eigenvalue weighted by Gasteiger charge is 2.64. The summed E-state index contributed by atoms with van der Waals surface area (Å²) in [6, 6.07) is 18.2. The second-order valence-electron chi connectivity index (χ2n) is 17.1. The number of nitrogens with one attached hydrogen (secondary N) is 1.